The van der Waals surface area contributed by atoms with Crippen molar-refractivity contribution >= 4 is 32.1 Å². The van der Waals surface area contributed by atoms with Gasteiger partial charge < -0.3 is 25.2 Å². The number of alkyl carbamates (subject to hydrolysis) is 1. The number of ether oxygens (including phenoxy) is 2. The highest BCUT2D eigenvalue weighted by Crippen LogP contribution is 2.63. The molecule has 1 heterocycles. The first-order chi connectivity index (χ1) is 14.7. The Balaban J connectivity index is 2.42. The van der Waals surface area contributed by atoms with Gasteiger partial charge in [0.2, 0.25) is 6.79 Å². The van der Waals surface area contributed by atoms with Gasteiger partial charge in [0, 0.05) is 12.0 Å². The van der Waals surface area contributed by atoms with Crippen LogP contribution in [0.25, 0.3) is 0 Å². The minimum atomic E-state index is -3.98. The Bertz CT molecular complexity index is 695. The molecule has 1 saturated heterocycles. The number of carboxylic acid groups (broad SMARTS) is 1. The third-order valence-electron chi connectivity index (χ3n) is 4.05. The van der Waals surface area contributed by atoms with Crippen LogP contribution in [0.3, 0.4) is 0 Å². The Labute approximate surface area is 186 Å². The first-order valence-corrected chi connectivity index (χ1v) is 11.3. The normalized spacial score (nSPS) is 22.5. The first kappa shape index (κ1) is 28.0. The van der Waals surface area contributed by atoms with Crippen LogP contribution in [-0.2, 0) is 37.4 Å². The molecular weight excluding hydrogens is 451 g/mol. The van der Waals surface area contributed by atoms with Gasteiger partial charge in [0.25, 0.3) is 5.91 Å². The molecule has 4 N–H and O–H groups in total. The van der Waals surface area contributed by atoms with E-state index in [1.165, 1.54) is 0 Å². The van der Waals surface area contributed by atoms with Gasteiger partial charge in [0.1, 0.15) is 13.2 Å². The second kappa shape index (κ2) is 11.7. The highest BCUT2D eigenvalue weighted by molar-refractivity contribution is 7.55. The lowest BCUT2D eigenvalue weighted by molar-refractivity contribution is -0.152. The van der Waals surface area contributed by atoms with Crippen LogP contribution in [0.2, 0.25) is 0 Å². The largest absolute Gasteiger partial charge is 0.576 e. The number of carbonyl (C=O) groups is 4. The number of aliphatic carboxylic acids is 1. The van der Waals surface area contributed by atoms with Gasteiger partial charge in [-0.15, -0.1) is 9.05 Å². The second-order valence-corrected chi connectivity index (χ2v) is 10.3. The summed E-state index contributed by atoms with van der Waals surface area (Å²) in [5, 5.41) is 13.4. The summed E-state index contributed by atoms with van der Waals surface area (Å²) in [6.45, 7) is 7.42. The number of hydrogen-bond donors (Lipinski definition) is 4. The zero-order valence-corrected chi connectivity index (χ0v) is 19.7. The number of amides is 2. The van der Waals surface area contributed by atoms with E-state index in [4.69, 9.17) is 28.2 Å². The summed E-state index contributed by atoms with van der Waals surface area (Å²) in [4.78, 5) is 56.6. The lowest BCUT2D eigenvalue weighted by atomic mass is 9.87. The summed E-state index contributed by atoms with van der Waals surface area (Å²) in [6.07, 6.45) is -2.36. The topological polar surface area (TPSA) is 179 Å². The molecule has 0 aromatic rings. The van der Waals surface area contributed by atoms with Crippen LogP contribution in [0, 0.1) is 10.8 Å². The van der Waals surface area contributed by atoms with Crippen LogP contribution in [-0.4, -0.2) is 73.1 Å². The van der Waals surface area contributed by atoms with Crippen molar-refractivity contribution in [2.75, 3.05) is 33.1 Å². The van der Waals surface area contributed by atoms with E-state index >= 15 is 0 Å². The van der Waals surface area contributed by atoms with Crippen LogP contribution in [0.5, 0.6) is 0 Å². The molecule has 32 heavy (non-hydrogen) atoms. The highest BCUT2D eigenvalue weighted by atomic mass is 31.2. The zero-order valence-electron chi connectivity index (χ0n) is 18.8. The standard InChI is InChI=1S/C18H31N2O11P/c1-17(2,3)15(24)27-9-8-20-16(25)28-11-30-32(26)29-10-18(4,5)13(31-32)14(23)19-7-6-12(21)22/h13,26H,6-11H2,1-5H3,(H2-,19,20,21,22,23,25)/p+1/t13-,32?/m0/s1. The smallest absolute Gasteiger partial charge is 0.481 e. The SMILES string of the molecule is CC(C)(C)C(=O)OCCNC(=O)OCO[P+]1(O)OCC(C)(C)[C@H](C(=O)NCCC(=O)O)O1. The molecule has 0 spiro atoms. The summed E-state index contributed by atoms with van der Waals surface area (Å²) in [6, 6.07) is 0. The number of carboxylic acids is 1. The molecule has 0 aliphatic carbocycles. The minimum absolute atomic E-state index is 0.000157. The molecule has 0 bridgehead atoms. The average Bonchev–Trinajstić information content (AvgIpc) is 2.66. The van der Waals surface area contributed by atoms with Crippen molar-refractivity contribution in [1.82, 2.24) is 10.6 Å². The third kappa shape index (κ3) is 9.61. The van der Waals surface area contributed by atoms with Gasteiger partial charge in [-0.25, -0.2) is 4.79 Å². The number of nitrogens with one attached hydrogen (secondary N) is 2. The van der Waals surface area contributed by atoms with E-state index in [1.807, 2.05) is 0 Å². The maximum atomic E-state index is 12.4. The second-order valence-electron chi connectivity index (χ2n) is 8.64. The fourth-order valence-corrected chi connectivity index (χ4v) is 3.72. The molecule has 2 amide bonds. The Hall–Kier alpha value is -2.05. The minimum Gasteiger partial charge on any atom is -0.481 e. The van der Waals surface area contributed by atoms with Crippen molar-refractivity contribution in [2.45, 2.75) is 47.1 Å². The van der Waals surface area contributed by atoms with Gasteiger partial charge in [-0.1, -0.05) is 13.8 Å². The van der Waals surface area contributed by atoms with Gasteiger partial charge in [-0.2, -0.15) is 9.42 Å². The maximum Gasteiger partial charge on any atom is 0.576 e. The zero-order chi connectivity index (χ0) is 24.6. The maximum absolute atomic E-state index is 12.4. The number of rotatable bonds is 10. The molecule has 1 unspecified atom stereocenters. The van der Waals surface area contributed by atoms with Crippen molar-refractivity contribution < 1.29 is 52.2 Å². The van der Waals surface area contributed by atoms with Gasteiger partial charge in [-0.3, -0.25) is 14.4 Å². The van der Waals surface area contributed by atoms with E-state index in [2.05, 4.69) is 10.6 Å². The Morgan fingerprint density at radius 1 is 1.12 bits per heavy atom. The van der Waals surface area contributed by atoms with Gasteiger partial charge in [-0.05, 0) is 20.8 Å². The highest BCUT2D eigenvalue weighted by Gasteiger charge is 2.59. The van der Waals surface area contributed by atoms with Gasteiger partial charge >= 0.3 is 26.2 Å². The van der Waals surface area contributed by atoms with E-state index < -0.39 is 55.8 Å². The quantitative estimate of drug-likeness (QED) is 0.151. The van der Waals surface area contributed by atoms with Crippen LogP contribution >= 0.6 is 8.17 Å². The summed E-state index contributed by atoms with van der Waals surface area (Å²) in [5.74, 6) is -2.13. The summed E-state index contributed by atoms with van der Waals surface area (Å²) < 4.78 is 25.3. The monoisotopic (exact) mass is 483 g/mol. The molecule has 1 aliphatic rings. The van der Waals surface area contributed by atoms with Crippen LogP contribution in [0.4, 0.5) is 4.79 Å². The number of hydrogen-bond acceptors (Lipinski definition) is 10. The molecule has 1 fully saturated rings. The molecular formula is C18H32N2O11P+. The predicted octanol–water partition coefficient (Wildman–Crippen LogP) is 0.978. The molecule has 13 nitrogen and oxygen atoms in total. The van der Waals surface area contributed by atoms with Crippen molar-refractivity contribution in [3.05, 3.63) is 0 Å². The van der Waals surface area contributed by atoms with Crippen LogP contribution in [0.15, 0.2) is 0 Å². The van der Waals surface area contributed by atoms with E-state index in [0.717, 1.165) is 0 Å². The molecule has 0 saturated carbocycles. The molecule has 0 aromatic heterocycles. The van der Waals surface area contributed by atoms with E-state index in [1.54, 1.807) is 34.6 Å². The Morgan fingerprint density at radius 3 is 2.38 bits per heavy atom. The van der Waals surface area contributed by atoms with Gasteiger partial charge in [0.15, 0.2) is 6.10 Å². The molecule has 0 aromatic carbocycles. The lowest BCUT2D eigenvalue weighted by Crippen LogP contribution is -2.50. The van der Waals surface area contributed by atoms with E-state index in [0.29, 0.717) is 0 Å². The predicted molar refractivity (Wildman–Crippen MR) is 110 cm³/mol. The van der Waals surface area contributed by atoms with E-state index in [9.17, 15) is 24.1 Å². The summed E-state index contributed by atoms with van der Waals surface area (Å²) in [5.41, 5.74) is -1.50. The fraction of sp³-hybridized carbons (Fsp3) is 0.778. The number of carbonyl (C=O) groups excluding carboxylic acids is 3. The lowest BCUT2D eigenvalue weighted by Gasteiger charge is -2.36. The molecule has 0 radical (unpaired) electrons. The molecule has 184 valence electrons. The molecule has 2 atom stereocenters. The first-order valence-electron chi connectivity index (χ1n) is 9.83. The molecule has 1 aliphatic heterocycles. The number of esters is 1. The van der Waals surface area contributed by atoms with Gasteiger partial charge in [0.05, 0.1) is 18.4 Å². The van der Waals surface area contributed by atoms with Crippen LogP contribution < -0.4 is 10.6 Å². The Kier molecular flexibility index (Phi) is 10.2. The molecule has 1 rings (SSSR count). The molecule has 14 heteroatoms. The van der Waals surface area contributed by atoms with E-state index in [-0.39, 0.29) is 32.7 Å². The third-order valence-corrected chi connectivity index (χ3v) is 5.41. The fourth-order valence-electron chi connectivity index (χ4n) is 2.20. The summed E-state index contributed by atoms with van der Waals surface area (Å²) >= 11 is 0. The van der Waals surface area contributed by atoms with Crippen molar-refractivity contribution in [1.29, 1.82) is 0 Å². The van der Waals surface area contributed by atoms with Crippen LogP contribution in [0.1, 0.15) is 41.0 Å². The van der Waals surface area contributed by atoms with Crippen molar-refractivity contribution in [2.24, 2.45) is 10.8 Å². The average molecular weight is 483 g/mol. The Morgan fingerprint density at radius 2 is 1.78 bits per heavy atom. The summed E-state index contributed by atoms with van der Waals surface area (Å²) in [7, 11) is -3.98. The van der Waals surface area contributed by atoms with Crippen molar-refractivity contribution in [3.8, 4) is 0 Å². The van der Waals surface area contributed by atoms with Crippen molar-refractivity contribution in [3.63, 3.8) is 0 Å².